The molecule has 0 spiro atoms. The van der Waals surface area contributed by atoms with Crippen LogP contribution in [0, 0.1) is 41.5 Å². The molecule has 26 heavy (non-hydrogen) atoms. The quantitative estimate of drug-likeness (QED) is 0.302. The van der Waals surface area contributed by atoms with Crippen LogP contribution in [0.2, 0.25) is 0 Å². The third-order valence-electron chi connectivity index (χ3n) is 4.75. The van der Waals surface area contributed by atoms with E-state index in [9.17, 15) is 9.90 Å². The number of hydrogen-bond donors (Lipinski definition) is 1. The molecule has 0 aromatic heterocycles. The average molecular weight is 480 g/mol. The summed E-state index contributed by atoms with van der Waals surface area (Å²) in [7, 11) is 0.330. The Morgan fingerprint density at radius 3 is 1.92 bits per heavy atom. The summed E-state index contributed by atoms with van der Waals surface area (Å²) in [6.45, 7) is 14.2. The molecule has 0 aliphatic heterocycles. The minimum atomic E-state index is -0.0461. The van der Waals surface area contributed by atoms with Crippen LogP contribution in [-0.2, 0) is 0 Å². The lowest BCUT2D eigenvalue weighted by Crippen LogP contribution is -2.08. The summed E-state index contributed by atoms with van der Waals surface area (Å²) in [5.74, 6) is 0. The predicted octanol–water partition coefficient (Wildman–Crippen LogP) is 6.67. The molecule has 1 atom stereocenters. The molecule has 0 heterocycles. The highest BCUT2D eigenvalue weighted by Crippen LogP contribution is 2.34. The molecule has 0 aliphatic carbocycles. The largest absolute Gasteiger partial charge is 0.356 e. The summed E-state index contributed by atoms with van der Waals surface area (Å²) in [4.78, 5) is 13.1. The standard InChI is InChI=1S/C22H26IO2P/c1-11-8-12(2)18(13(3)9-11)21(24)26-22(25)20-15(5)10-14(4)19(16(20)6)17(7)23/h8-10,17,24H,1-7H3/t17-/m0/s1. The van der Waals surface area contributed by atoms with Crippen LogP contribution >= 0.6 is 30.8 Å². The smallest absolute Gasteiger partial charge is 0.214 e. The van der Waals surface area contributed by atoms with Crippen molar-refractivity contribution < 1.29 is 9.90 Å². The zero-order chi connectivity index (χ0) is 19.8. The van der Waals surface area contributed by atoms with Crippen molar-refractivity contribution >= 4 is 41.8 Å². The summed E-state index contributed by atoms with van der Waals surface area (Å²) in [5, 5.41) is 10.7. The molecule has 0 radical (unpaired) electrons. The molecule has 0 aliphatic rings. The fourth-order valence-corrected chi connectivity index (χ4v) is 5.95. The zero-order valence-electron chi connectivity index (χ0n) is 16.5. The van der Waals surface area contributed by atoms with E-state index in [1.807, 2.05) is 46.8 Å². The molecule has 4 heteroatoms. The van der Waals surface area contributed by atoms with E-state index in [1.165, 1.54) is 11.1 Å². The van der Waals surface area contributed by atoms with Gasteiger partial charge in [-0.15, -0.1) is 0 Å². The Morgan fingerprint density at radius 2 is 1.42 bits per heavy atom. The number of alkyl halides is 1. The van der Waals surface area contributed by atoms with Gasteiger partial charge < -0.3 is 5.11 Å². The van der Waals surface area contributed by atoms with Crippen molar-refractivity contribution in [2.24, 2.45) is 0 Å². The SMILES string of the molecule is Cc1cc(C)c(/C(O)=P/C(=O)c2c(C)cc(C)c([C@H](C)I)c2C)c(C)c1. The third kappa shape index (κ3) is 4.27. The molecule has 0 saturated carbocycles. The van der Waals surface area contributed by atoms with Gasteiger partial charge in [0.1, 0.15) is 5.48 Å². The van der Waals surface area contributed by atoms with Gasteiger partial charge in [-0.05, 0) is 81.8 Å². The summed E-state index contributed by atoms with van der Waals surface area (Å²) in [6.07, 6.45) is 0. The van der Waals surface area contributed by atoms with Gasteiger partial charge in [-0.25, -0.2) is 0 Å². The maximum Gasteiger partial charge on any atom is 0.214 e. The van der Waals surface area contributed by atoms with Crippen molar-refractivity contribution in [1.82, 2.24) is 0 Å². The Kier molecular flexibility index (Phi) is 6.81. The van der Waals surface area contributed by atoms with Crippen molar-refractivity contribution in [1.29, 1.82) is 0 Å². The zero-order valence-corrected chi connectivity index (χ0v) is 19.5. The number of aliphatic hydroxyl groups is 1. The van der Waals surface area contributed by atoms with Crippen LogP contribution in [0.25, 0.3) is 0 Å². The Bertz CT molecular complexity index is 888. The summed E-state index contributed by atoms with van der Waals surface area (Å²) >= 11 is 2.39. The first kappa shape index (κ1) is 21.3. The van der Waals surface area contributed by atoms with Gasteiger partial charge in [0.2, 0.25) is 5.52 Å². The molecule has 0 bridgehead atoms. The average Bonchev–Trinajstić information content (AvgIpc) is 2.44. The van der Waals surface area contributed by atoms with Crippen LogP contribution in [-0.4, -0.2) is 16.1 Å². The van der Waals surface area contributed by atoms with E-state index in [4.69, 9.17) is 0 Å². The first-order valence-electron chi connectivity index (χ1n) is 8.69. The Hall–Kier alpha value is -1.03. The lowest BCUT2D eigenvalue weighted by molar-refractivity contribution is 0.108. The molecule has 2 aromatic carbocycles. The molecule has 0 saturated heterocycles. The molecule has 2 rings (SSSR count). The number of rotatable bonds is 4. The number of aliphatic hydroxyl groups excluding tert-OH is 1. The van der Waals surface area contributed by atoms with E-state index in [-0.39, 0.29) is 11.0 Å². The summed E-state index contributed by atoms with van der Waals surface area (Å²) in [5.41, 5.74) is 9.22. The monoisotopic (exact) mass is 480 g/mol. The van der Waals surface area contributed by atoms with Gasteiger partial charge in [0, 0.05) is 23.3 Å². The molecule has 0 unspecified atom stereocenters. The molecule has 138 valence electrons. The highest BCUT2D eigenvalue weighted by atomic mass is 127. The van der Waals surface area contributed by atoms with Crippen LogP contribution in [0.15, 0.2) is 18.2 Å². The number of benzene rings is 2. The molecule has 1 N–H and O–H groups in total. The van der Waals surface area contributed by atoms with Gasteiger partial charge >= 0.3 is 0 Å². The van der Waals surface area contributed by atoms with Gasteiger partial charge in [-0.3, -0.25) is 4.79 Å². The molecular formula is C22H26IO2P. The summed E-state index contributed by atoms with van der Waals surface area (Å²) in [6, 6.07) is 6.16. The topological polar surface area (TPSA) is 37.3 Å². The predicted molar refractivity (Wildman–Crippen MR) is 121 cm³/mol. The lowest BCUT2D eigenvalue weighted by atomic mass is 9.92. The Labute approximate surface area is 172 Å². The fraction of sp³-hybridized carbons (Fsp3) is 0.364. The van der Waals surface area contributed by atoms with Crippen molar-refractivity contribution in [2.45, 2.75) is 52.4 Å². The molecule has 2 aromatic rings. The van der Waals surface area contributed by atoms with Gasteiger partial charge in [-0.2, -0.15) is 0 Å². The second-order valence-electron chi connectivity index (χ2n) is 7.05. The van der Waals surface area contributed by atoms with Gasteiger partial charge in [0.25, 0.3) is 0 Å². The Balaban J connectivity index is 2.57. The Morgan fingerprint density at radius 1 is 0.923 bits per heavy atom. The number of halogens is 1. The maximum absolute atomic E-state index is 13.1. The maximum atomic E-state index is 13.1. The highest BCUT2D eigenvalue weighted by Gasteiger charge is 2.19. The van der Waals surface area contributed by atoms with E-state index >= 15 is 0 Å². The number of carbonyl (C=O) groups excluding carboxylic acids is 1. The lowest BCUT2D eigenvalue weighted by Gasteiger charge is -2.18. The van der Waals surface area contributed by atoms with Crippen LogP contribution in [0.4, 0.5) is 0 Å². The van der Waals surface area contributed by atoms with Crippen LogP contribution in [0.5, 0.6) is 0 Å². The second-order valence-corrected chi connectivity index (χ2v) is 9.98. The van der Waals surface area contributed by atoms with Gasteiger partial charge in [0.05, 0.1) is 0 Å². The number of carbonyl (C=O) groups is 1. The first-order valence-corrected chi connectivity index (χ1v) is 10.8. The van der Waals surface area contributed by atoms with Crippen LogP contribution in [0.3, 0.4) is 0 Å². The van der Waals surface area contributed by atoms with E-state index in [1.54, 1.807) is 0 Å². The minimum Gasteiger partial charge on any atom is -0.356 e. The third-order valence-corrected chi connectivity index (χ3v) is 6.24. The summed E-state index contributed by atoms with van der Waals surface area (Å²) < 4.78 is 0.329. The molecule has 2 nitrogen and oxygen atoms in total. The fourth-order valence-electron chi connectivity index (χ4n) is 3.88. The van der Waals surface area contributed by atoms with Gasteiger partial charge in [0.15, 0.2) is 0 Å². The van der Waals surface area contributed by atoms with Gasteiger partial charge in [-0.1, -0.05) is 46.4 Å². The van der Waals surface area contributed by atoms with Crippen molar-refractivity contribution in [3.8, 4) is 0 Å². The first-order chi connectivity index (χ1) is 12.0. The van der Waals surface area contributed by atoms with Crippen molar-refractivity contribution in [2.75, 3.05) is 0 Å². The van der Waals surface area contributed by atoms with E-state index in [0.717, 1.165) is 38.9 Å². The normalized spacial score (nSPS) is 13.0. The van der Waals surface area contributed by atoms with Crippen molar-refractivity contribution in [3.63, 3.8) is 0 Å². The molecule has 0 fully saturated rings. The van der Waals surface area contributed by atoms with E-state index in [0.29, 0.717) is 12.1 Å². The van der Waals surface area contributed by atoms with Crippen LogP contribution < -0.4 is 0 Å². The van der Waals surface area contributed by atoms with Crippen LogP contribution in [0.1, 0.15) is 65.7 Å². The van der Waals surface area contributed by atoms with E-state index < -0.39 is 0 Å². The molecular weight excluding hydrogens is 454 g/mol. The number of hydrogen-bond acceptors (Lipinski definition) is 1. The molecule has 0 amide bonds. The van der Waals surface area contributed by atoms with E-state index in [2.05, 4.69) is 42.5 Å². The second kappa shape index (κ2) is 8.33. The van der Waals surface area contributed by atoms with Crippen molar-refractivity contribution in [3.05, 3.63) is 68.3 Å². The highest BCUT2D eigenvalue weighted by molar-refractivity contribution is 14.1. The number of aryl methyl sites for hydroxylation is 5. The minimum absolute atomic E-state index is 0.0461.